The van der Waals surface area contributed by atoms with E-state index in [1.807, 2.05) is 4.90 Å². The number of esters is 1. The fourth-order valence-electron chi connectivity index (χ4n) is 2.47. The second-order valence-electron chi connectivity index (χ2n) is 5.49. The molecule has 1 heterocycles. The summed E-state index contributed by atoms with van der Waals surface area (Å²) < 4.78 is 15.1. The Kier molecular flexibility index (Phi) is 7.37. The predicted octanol–water partition coefficient (Wildman–Crippen LogP) is 0.740. The Balaban J connectivity index is 2.17. The summed E-state index contributed by atoms with van der Waals surface area (Å²) in [5.74, 6) is -2.16. The van der Waals surface area contributed by atoms with E-state index in [1.54, 1.807) is 19.1 Å². The van der Waals surface area contributed by atoms with E-state index >= 15 is 0 Å². The second-order valence-corrected chi connectivity index (χ2v) is 5.49. The normalized spacial score (nSPS) is 14.0. The molecule has 1 aromatic rings. The number of carboxylic acid groups (broad SMARTS) is 1. The molecule has 1 fully saturated rings. The van der Waals surface area contributed by atoms with Gasteiger partial charge in [-0.1, -0.05) is 0 Å². The highest BCUT2D eigenvalue weighted by molar-refractivity contribution is 5.98. The number of rotatable bonds is 8. The topological polar surface area (TPSA) is 114 Å². The van der Waals surface area contributed by atoms with Crippen molar-refractivity contribution in [3.8, 4) is 0 Å². The first-order valence-electron chi connectivity index (χ1n) is 8.24. The SMILES string of the molecule is CCOC(=O)c1ccc(N2CCOCC2)c(NC(=O)COCC(=O)O)c1. The molecule has 1 aromatic carbocycles. The number of amides is 1. The third-order valence-corrected chi connectivity index (χ3v) is 3.59. The minimum atomic E-state index is -1.16. The minimum absolute atomic E-state index is 0.245. The summed E-state index contributed by atoms with van der Waals surface area (Å²) in [6, 6.07) is 4.92. The fourth-order valence-corrected chi connectivity index (χ4v) is 2.47. The van der Waals surface area contributed by atoms with Crippen molar-refractivity contribution in [2.45, 2.75) is 6.92 Å². The number of ether oxygens (including phenoxy) is 3. The molecule has 0 aromatic heterocycles. The summed E-state index contributed by atoms with van der Waals surface area (Å²) in [7, 11) is 0. The average molecular weight is 366 g/mol. The minimum Gasteiger partial charge on any atom is -0.480 e. The summed E-state index contributed by atoms with van der Waals surface area (Å²) >= 11 is 0. The van der Waals surface area contributed by atoms with Crippen LogP contribution in [0.2, 0.25) is 0 Å². The van der Waals surface area contributed by atoms with Gasteiger partial charge in [0.05, 0.1) is 36.8 Å². The highest BCUT2D eigenvalue weighted by atomic mass is 16.5. The first kappa shape index (κ1) is 19.7. The summed E-state index contributed by atoms with van der Waals surface area (Å²) in [6.45, 7) is 3.42. The van der Waals surface area contributed by atoms with Gasteiger partial charge in [0.25, 0.3) is 0 Å². The van der Waals surface area contributed by atoms with Crippen molar-refractivity contribution in [2.75, 3.05) is 56.3 Å². The van der Waals surface area contributed by atoms with Crippen LogP contribution in [0.5, 0.6) is 0 Å². The van der Waals surface area contributed by atoms with E-state index in [0.717, 1.165) is 5.69 Å². The maximum Gasteiger partial charge on any atom is 0.338 e. The number of nitrogens with one attached hydrogen (secondary N) is 1. The summed E-state index contributed by atoms with van der Waals surface area (Å²) in [5, 5.41) is 11.2. The number of anilines is 2. The Labute approximate surface area is 150 Å². The number of aliphatic carboxylic acids is 1. The molecule has 0 atom stereocenters. The molecule has 0 aliphatic carbocycles. The van der Waals surface area contributed by atoms with Gasteiger partial charge in [-0.05, 0) is 25.1 Å². The molecule has 2 N–H and O–H groups in total. The average Bonchev–Trinajstić information content (AvgIpc) is 2.62. The van der Waals surface area contributed by atoms with Crippen LogP contribution >= 0.6 is 0 Å². The Morgan fingerprint density at radius 2 is 1.96 bits per heavy atom. The molecule has 0 unspecified atom stereocenters. The number of carbonyl (C=O) groups excluding carboxylic acids is 2. The monoisotopic (exact) mass is 366 g/mol. The Morgan fingerprint density at radius 1 is 1.23 bits per heavy atom. The van der Waals surface area contributed by atoms with Crippen molar-refractivity contribution in [1.82, 2.24) is 0 Å². The molecule has 142 valence electrons. The van der Waals surface area contributed by atoms with E-state index in [-0.39, 0.29) is 6.61 Å². The molecule has 26 heavy (non-hydrogen) atoms. The number of morpholine rings is 1. The Morgan fingerprint density at radius 3 is 2.62 bits per heavy atom. The maximum atomic E-state index is 12.0. The molecule has 1 aliphatic rings. The molecular weight excluding hydrogens is 344 g/mol. The predicted molar refractivity (Wildman–Crippen MR) is 92.5 cm³/mol. The summed E-state index contributed by atoms with van der Waals surface area (Å²) in [5.41, 5.74) is 1.49. The van der Waals surface area contributed by atoms with E-state index in [9.17, 15) is 14.4 Å². The zero-order valence-electron chi connectivity index (χ0n) is 14.5. The van der Waals surface area contributed by atoms with Crippen LogP contribution in [0.1, 0.15) is 17.3 Å². The highest BCUT2D eigenvalue weighted by Crippen LogP contribution is 2.28. The van der Waals surface area contributed by atoms with Crippen LogP contribution in [-0.4, -0.2) is 69.1 Å². The Bertz CT molecular complexity index is 657. The lowest BCUT2D eigenvalue weighted by atomic mass is 10.1. The molecule has 9 heteroatoms. The number of hydrogen-bond acceptors (Lipinski definition) is 7. The van der Waals surface area contributed by atoms with Gasteiger partial charge < -0.3 is 29.5 Å². The number of carbonyl (C=O) groups is 3. The number of hydrogen-bond donors (Lipinski definition) is 2. The third kappa shape index (κ3) is 5.71. The fraction of sp³-hybridized carbons (Fsp3) is 0.471. The van der Waals surface area contributed by atoms with Gasteiger partial charge in [-0.2, -0.15) is 0 Å². The molecule has 0 bridgehead atoms. The molecule has 1 saturated heterocycles. The van der Waals surface area contributed by atoms with Gasteiger partial charge in [-0.15, -0.1) is 0 Å². The van der Waals surface area contributed by atoms with Crippen LogP contribution in [0, 0.1) is 0 Å². The van der Waals surface area contributed by atoms with Crippen molar-refractivity contribution in [3.05, 3.63) is 23.8 Å². The van der Waals surface area contributed by atoms with E-state index in [4.69, 9.17) is 19.3 Å². The molecule has 9 nitrogen and oxygen atoms in total. The molecule has 0 spiro atoms. The maximum absolute atomic E-state index is 12.0. The zero-order valence-corrected chi connectivity index (χ0v) is 14.5. The van der Waals surface area contributed by atoms with E-state index in [1.165, 1.54) is 6.07 Å². The Hall–Kier alpha value is -2.65. The quantitative estimate of drug-likeness (QED) is 0.648. The number of benzene rings is 1. The molecule has 0 radical (unpaired) electrons. The van der Waals surface area contributed by atoms with Crippen molar-refractivity contribution in [2.24, 2.45) is 0 Å². The highest BCUT2D eigenvalue weighted by Gasteiger charge is 2.19. The number of nitrogens with zero attached hydrogens (tertiary/aromatic N) is 1. The van der Waals surface area contributed by atoms with Crippen molar-refractivity contribution >= 4 is 29.2 Å². The van der Waals surface area contributed by atoms with Gasteiger partial charge in [0, 0.05) is 13.1 Å². The smallest absolute Gasteiger partial charge is 0.338 e. The third-order valence-electron chi connectivity index (χ3n) is 3.59. The van der Waals surface area contributed by atoms with Crippen molar-refractivity contribution in [1.29, 1.82) is 0 Å². The lowest BCUT2D eigenvalue weighted by Gasteiger charge is -2.30. The van der Waals surface area contributed by atoms with Crippen LogP contribution in [0.3, 0.4) is 0 Å². The van der Waals surface area contributed by atoms with Gasteiger partial charge in [0.15, 0.2) is 0 Å². The molecular formula is C17H22N2O7. The second kappa shape index (κ2) is 9.73. The van der Waals surface area contributed by atoms with Crippen LogP contribution < -0.4 is 10.2 Å². The molecule has 2 rings (SSSR count). The summed E-state index contributed by atoms with van der Waals surface area (Å²) in [6.07, 6.45) is 0. The van der Waals surface area contributed by atoms with E-state index in [2.05, 4.69) is 5.32 Å². The van der Waals surface area contributed by atoms with Gasteiger partial charge >= 0.3 is 11.9 Å². The first-order chi connectivity index (χ1) is 12.5. The van der Waals surface area contributed by atoms with Crippen LogP contribution in [0.15, 0.2) is 18.2 Å². The van der Waals surface area contributed by atoms with Gasteiger partial charge in [-0.3, -0.25) is 4.79 Å². The van der Waals surface area contributed by atoms with E-state index in [0.29, 0.717) is 37.6 Å². The molecule has 0 saturated carbocycles. The van der Waals surface area contributed by atoms with Crippen molar-refractivity contribution < 1.29 is 33.7 Å². The molecule has 1 amide bonds. The van der Waals surface area contributed by atoms with E-state index < -0.39 is 31.1 Å². The lowest BCUT2D eigenvalue weighted by molar-refractivity contribution is -0.143. The standard InChI is InChI=1S/C17H22N2O7/c1-2-26-17(23)12-3-4-14(19-5-7-24-8-6-19)13(9-12)18-15(20)10-25-11-16(21)22/h3-4,9H,2,5-8,10-11H2,1H3,(H,18,20)(H,21,22). The van der Waals surface area contributed by atoms with Gasteiger partial charge in [0.2, 0.25) is 5.91 Å². The first-order valence-corrected chi connectivity index (χ1v) is 8.24. The zero-order chi connectivity index (χ0) is 18.9. The van der Waals surface area contributed by atoms with Crippen LogP contribution in [0.4, 0.5) is 11.4 Å². The van der Waals surface area contributed by atoms with Crippen LogP contribution in [0.25, 0.3) is 0 Å². The number of carboxylic acids is 1. The van der Waals surface area contributed by atoms with Crippen molar-refractivity contribution in [3.63, 3.8) is 0 Å². The molecule has 1 aliphatic heterocycles. The lowest BCUT2D eigenvalue weighted by Crippen LogP contribution is -2.37. The van der Waals surface area contributed by atoms with Crippen LogP contribution in [-0.2, 0) is 23.8 Å². The summed E-state index contributed by atoms with van der Waals surface area (Å²) in [4.78, 5) is 36.5. The largest absolute Gasteiger partial charge is 0.480 e. The van der Waals surface area contributed by atoms with Gasteiger partial charge in [0.1, 0.15) is 13.2 Å². The van der Waals surface area contributed by atoms with Gasteiger partial charge in [-0.25, -0.2) is 9.59 Å².